The van der Waals surface area contributed by atoms with E-state index in [9.17, 15) is 14.7 Å². The summed E-state index contributed by atoms with van der Waals surface area (Å²) in [6.45, 7) is 3.99. The highest BCUT2D eigenvalue weighted by Gasteiger charge is 2.38. The van der Waals surface area contributed by atoms with E-state index in [2.05, 4.69) is 12.2 Å². The lowest BCUT2D eigenvalue weighted by molar-refractivity contribution is -0.138. The molecule has 1 heterocycles. The van der Waals surface area contributed by atoms with Gasteiger partial charge in [0.05, 0.1) is 0 Å². The lowest BCUT2D eigenvalue weighted by atomic mass is 10.1. The molecule has 114 valence electrons. The average molecular weight is 308 g/mol. The molecular formula is C15H20N2O3S. The Labute approximate surface area is 128 Å². The monoisotopic (exact) mass is 308 g/mol. The summed E-state index contributed by atoms with van der Waals surface area (Å²) in [4.78, 5) is 25.2. The number of benzene rings is 1. The van der Waals surface area contributed by atoms with Crippen LogP contribution in [-0.4, -0.2) is 40.7 Å². The molecule has 0 radical (unpaired) electrons. The molecule has 0 spiro atoms. The Bertz CT molecular complexity index is 535. The van der Waals surface area contributed by atoms with E-state index in [0.29, 0.717) is 12.1 Å². The van der Waals surface area contributed by atoms with Crippen LogP contribution in [0.5, 0.6) is 0 Å². The Morgan fingerprint density at radius 2 is 2.19 bits per heavy atom. The maximum absolute atomic E-state index is 12.4. The number of amides is 2. The molecule has 2 rings (SSSR count). The fourth-order valence-electron chi connectivity index (χ4n) is 2.45. The molecular weight excluding hydrogens is 288 g/mol. The van der Waals surface area contributed by atoms with Gasteiger partial charge in [-0.1, -0.05) is 25.1 Å². The molecule has 2 N–H and O–H groups in total. The molecule has 1 aliphatic heterocycles. The van der Waals surface area contributed by atoms with Crippen LogP contribution >= 0.6 is 11.8 Å². The van der Waals surface area contributed by atoms with Crippen molar-refractivity contribution in [2.75, 3.05) is 16.4 Å². The van der Waals surface area contributed by atoms with Gasteiger partial charge in [0.25, 0.3) is 0 Å². The van der Waals surface area contributed by atoms with Crippen LogP contribution in [0, 0.1) is 0 Å². The number of rotatable bonds is 5. The molecule has 0 fully saturated rings. The predicted octanol–water partition coefficient (Wildman–Crippen LogP) is 2.35. The highest BCUT2D eigenvalue weighted by atomic mass is 32.2. The number of thioether (sulfide) groups is 1. The summed E-state index contributed by atoms with van der Waals surface area (Å²) < 4.78 is 0. The molecule has 1 aromatic carbocycles. The lowest BCUT2D eigenvalue weighted by Gasteiger charge is -2.25. The third-order valence-corrected chi connectivity index (χ3v) is 4.57. The van der Waals surface area contributed by atoms with Crippen molar-refractivity contribution in [2.24, 2.45) is 0 Å². The molecule has 1 aromatic rings. The molecule has 2 amide bonds. The predicted molar refractivity (Wildman–Crippen MR) is 85.0 cm³/mol. The van der Waals surface area contributed by atoms with Crippen molar-refractivity contribution in [3.05, 3.63) is 29.8 Å². The summed E-state index contributed by atoms with van der Waals surface area (Å²) in [6.07, 6.45) is 0.358. The van der Waals surface area contributed by atoms with Crippen LogP contribution < -0.4 is 10.2 Å². The van der Waals surface area contributed by atoms with Crippen molar-refractivity contribution in [3.8, 4) is 0 Å². The largest absolute Gasteiger partial charge is 0.480 e. The van der Waals surface area contributed by atoms with E-state index in [1.165, 1.54) is 4.90 Å². The van der Waals surface area contributed by atoms with Crippen LogP contribution in [0.3, 0.4) is 0 Å². The highest BCUT2D eigenvalue weighted by molar-refractivity contribution is 7.99. The number of nitrogens with zero attached hydrogens (tertiary/aromatic N) is 1. The summed E-state index contributed by atoms with van der Waals surface area (Å²) in [5, 5.41) is 12.2. The average Bonchev–Trinajstić information content (AvgIpc) is 2.84. The molecule has 5 nitrogen and oxygen atoms in total. The Morgan fingerprint density at radius 3 is 2.86 bits per heavy atom. The Hall–Kier alpha value is -1.69. The van der Waals surface area contributed by atoms with Crippen molar-refractivity contribution >= 4 is 29.4 Å². The van der Waals surface area contributed by atoms with Crippen LogP contribution in [0.15, 0.2) is 24.3 Å². The Balaban J connectivity index is 2.15. The van der Waals surface area contributed by atoms with Gasteiger partial charge in [0.2, 0.25) is 0 Å². The number of aliphatic carboxylic acids is 1. The minimum atomic E-state index is -0.975. The first kappa shape index (κ1) is 15.7. The van der Waals surface area contributed by atoms with E-state index >= 15 is 0 Å². The van der Waals surface area contributed by atoms with Crippen molar-refractivity contribution in [1.82, 2.24) is 5.32 Å². The minimum Gasteiger partial charge on any atom is -0.480 e. The minimum absolute atomic E-state index is 0.00431. The number of nitrogens with one attached hydrogen (secondary N) is 1. The zero-order chi connectivity index (χ0) is 15.4. The second-order valence-corrected chi connectivity index (χ2v) is 6.39. The van der Waals surface area contributed by atoms with E-state index in [1.807, 2.05) is 25.1 Å². The third-order valence-electron chi connectivity index (χ3n) is 3.42. The molecule has 1 aliphatic rings. The topological polar surface area (TPSA) is 69.6 Å². The van der Waals surface area contributed by atoms with E-state index in [1.54, 1.807) is 17.8 Å². The smallest absolute Gasteiger partial charge is 0.327 e. The van der Waals surface area contributed by atoms with Gasteiger partial charge in [0.1, 0.15) is 6.04 Å². The van der Waals surface area contributed by atoms with Crippen LogP contribution in [0.1, 0.15) is 19.4 Å². The van der Waals surface area contributed by atoms with Crippen LogP contribution in [0.2, 0.25) is 0 Å². The van der Waals surface area contributed by atoms with Crippen molar-refractivity contribution < 1.29 is 14.7 Å². The number of carboxylic acid groups (broad SMARTS) is 1. The highest BCUT2D eigenvalue weighted by Crippen LogP contribution is 2.32. The second-order valence-electron chi connectivity index (χ2n) is 5.07. The first-order valence-electron chi connectivity index (χ1n) is 7.02. The van der Waals surface area contributed by atoms with Gasteiger partial charge in [0.15, 0.2) is 0 Å². The van der Waals surface area contributed by atoms with Gasteiger partial charge in [-0.15, -0.1) is 0 Å². The number of para-hydroxylation sites is 1. The second kappa shape index (κ2) is 6.85. The summed E-state index contributed by atoms with van der Waals surface area (Å²) in [7, 11) is 0. The van der Waals surface area contributed by atoms with Crippen LogP contribution in [0.25, 0.3) is 0 Å². The SMILES string of the molecule is CCSCC(C)NC(=O)N1c2ccccc2C[C@H]1C(=O)O. The summed E-state index contributed by atoms with van der Waals surface area (Å²) in [5.41, 5.74) is 1.59. The first-order valence-corrected chi connectivity index (χ1v) is 8.18. The molecule has 21 heavy (non-hydrogen) atoms. The fourth-order valence-corrected chi connectivity index (χ4v) is 3.12. The van der Waals surface area contributed by atoms with Crippen LogP contribution in [0.4, 0.5) is 10.5 Å². The lowest BCUT2D eigenvalue weighted by Crippen LogP contribution is -2.50. The van der Waals surface area contributed by atoms with Gasteiger partial charge in [-0.2, -0.15) is 11.8 Å². The van der Waals surface area contributed by atoms with E-state index < -0.39 is 12.0 Å². The number of carbonyl (C=O) groups excluding carboxylic acids is 1. The van der Waals surface area contributed by atoms with Gasteiger partial charge in [-0.3, -0.25) is 4.90 Å². The normalized spacial score (nSPS) is 18.2. The Morgan fingerprint density at radius 1 is 1.48 bits per heavy atom. The van der Waals surface area contributed by atoms with E-state index in [-0.39, 0.29) is 12.1 Å². The number of fused-ring (bicyclic) bond motifs is 1. The van der Waals surface area contributed by atoms with Crippen molar-refractivity contribution in [3.63, 3.8) is 0 Å². The molecule has 2 atom stereocenters. The van der Waals surface area contributed by atoms with Gasteiger partial charge in [0, 0.05) is 23.9 Å². The van der Waals surface area contributed by atoms with Crippen molar-refractivity contribution in [2.45, 2.75) is 32.4 Å². The molecule has 1 unspecified atom stereocenters. The maximum Gasteiger partial charge on any atom is 0.327 e. The fraction of sp³-hybridized carbons (Fsp3) is 0.467. The number of carboxylic acids is 1. The zero-order valence-corrected chi connectivity index (χ0v) is 13.0. The molecule has 0 bridgehead atoms. The number of carbonyl (C=O) groups is 2. The molecule has 0 aliphatic carbocycles. The van der Waals surface area contributed by atoms with E-state index in [4.69, 9.17) is 0 Å². The van der Waals surface area contributed by atoms with E-state index in [0.717, 1.165) is 17.1 Å². The third kappa shape index (κ3) is 3.50. The maximum atomic E-state index is 12.4. The quantitative estimate of drug-likeness (QED) is 0.876. The number of urea groups is 1. The van der Waals surface area contributed by atoms with Gasteiger partial charge in [-0.05, 0) is 24.3 Å². The molecule has 0 saturated heterocycles. The van der Waals surface area contributed by atoms with Gasteiger partial charge >= 0.3 is 12.0 Å². The Kier molecular flexibility index (Phi) is 5.12. The van der Waals surface area contributed by atoms with Gasteiger partial charge in [-0.25, -0.2) is 9.59 Å². The van der Waals surface area contributed by atoms with Crippen molar-refractivity contribution in [1.29, 1.82) is 0 Å². The number of hydrogen-bond donors (Lipinski definition) is 2. The first-order chi connectivity index (χ1) is 10.0. The number of anilines is 1. The molecule has 0 saturated carbocycles. The number of hydrogen-bond acceptors (Lipinski definition) is 3. The summed E-state index contributed by atoms with van der Waals surface area (Å²) >= 11 is 1.74. The molecule has 0 aromatic heterocycles. The summed E-state index contributed by atoms with van der Waals surface area (Å²) in [5.74, 6) is 0.830. The molecule has 6 heteroatoms. The summed E-state index contributed by atoms with van der Waals surface area (Å²) in [6, 6.07) is 6.19. The van der Waals surface area contributed by atoms with Crippen LogP contribution in [-0.2, 0) is 11.2 Å². The zero-order valence-electron chi connectivity index (χ0n) is 12.2. The standard InChI is InChI=1S/C15H20N2O3S/c1-3-21-9-10(2)16-15(20)17-12-7-5-4-6-11(12)8-13(17)14(18)19/h4-7,10,13H,3,8-9H2,1-2H3,(H,16,20)(H,18,19)/t10?,13-/m0/s1. The van der Waals surface area contributed by atoms with Gasteiger partial charge < -0.3 is 10.4 Å².